The highest BCUT2D eigenvalue weighted by atomic mass is 32.2. The van der Waals surface area contributed by atoms with Crippen molar-refractivity contribution in [1.29, 1.82) is 0 Å². The van der Waals surface area contributed by atoms with Crippen molar-refractivity contribution in [3.05, 3.63) is 47.4 Å². The molecule has 0 spiro atoms. The Morgan fingerprint density at radius 1 is 1.20 bits per heavy atom. The van der Waals surface area contributed by atoms with E-state index in [0.717, 1.165) is 11.5 Å². The van der Waals surface area contributed by atoms with Gasteiger partial charge in [0.15, 0.2) is 0 Å². The van der Waals surface area contributed by atoms with Crippen molar-refractivity contribution in [2.24, 2.45) is 7.05 Å². The maximum Gasteiger partial charge on any atom is 0.132 e. The van der Waals surface area contributed by atoms with Crippen molar-refractivity contribution < 1.29 is 0 Å². The minimum absolute atomic E-state index is 0.406. The number of hydrogen-bond donors (Lipinski definition) is 0. The Morgan fingerprint density at radius 3 is 2.30 bits per heavy atom. The summed E-state index contributed by atoms with van der Waals surface area (Å²) < 4.78 is 2.13. The van der Waals surface area contributed by atoms with Gasteiger partial charge in [-0.25, -0.2) is 4.98 Å². The molecule has 0 atom stereocenters. The van der Waals surface area contributed by atoms with Crippen LogP contribution in [-0.4, -0.2) is 9.55 Å². The van der Waals surface area contributed by atoms with E-state index >= 15 is 0 Å². The predicted molar refractivity (Wildman–Crippen MR) is 87.4 cm³/mol. The van der Waals surface area contributed by atoms with Gasteiger partial charge < -0.3 is 4.57 Å². The van der Waals surface area contributed by atoms with E-state index in [1.807, 2.05) is 6.08 Å². The fourth-order valence-electron chi connectivity index (χ4n) is 2.30. The van der Waals surface area contributed by atoms with Crippen molar-refractivity contribution in [1.82, 2.24) is 9.55 Å². The van der Waals surface area contributed by atoms with Crippen molar-refractivity contribution in [2.75, 3.05) is 0 Å². The third-order valence-electron chi connectivity index (χ3n) is 3.24. The van der Waals surface area contributed by atoms with E-state index in [0.29, 0.717) is 5.92 Å². The number of nitrogens with zero attached hydrogens (tertiary/aromatic N) is 2. The number of rotatable bonds is 4. The maximum atomic E-state index is 4.69. The monoisotopic (exact) mass is 286 g/mol. The van der Waals surface area contributed by atoms with Gasteiger partial charge in [-0.15, -0.1) is 0 Å². The van der Waals surface area contributed by atoms with Gasteiger partial charge in [-0.2, -0.15) is 0 Å². The fraction of sp³-hybridized carbons (Fsp3) is 0.353. The van der Waals surface area contributed by atoms with Gasteiger partial charge in [0.25, 0.3) is 0 Å². The zero-order valence-electron chi connectivity index (χ0n) is 12.9. The van der Waals surface area contributed by atoms with Crippen LogP contribution in [0.4, 0.5) is 0 Å². The second-order valence-electron chi connectivity index (χ2n) is 5.50. The molecule has 1 aromatic heterocycles. The van der Waals surface area contributed by atoms with Gasteiger partial charge in [0.05, 0.1) is 5.69 Å². The average Bonchev–Trinajstić information content (AvgIpc) is 2.65. The summed E-state index contributed by atoms with van der Waals surface area (Å²) in [4.78, 5) is 5.96. The Labute approximate surface area is 125 Å². The molecule has 106 valence electrons. The molecule has 0 saturated heterocycles. The van der Waals surface area contributed by atoms with Gasteiger partial charge in [0.1, 0.15) is 10.9 Å². The van der Waals surface area contributed by atoms with Crippen LogP contribution in [0.2, 0.25) is 0 Å². The van der Waals surface area contributed by atoms with Gasteiger partial charge in [-0.1, -0.05) is 38.3 Å². The number of benzene rings is 1. The topological polar surface area (TPSA) is 17.8 Å². The first-order valence-corrected chi connectivity index (χ1v) is 7.69. The van der Waals surface area contributed by atoms with E-state index < -0.39 is 0 Å². The first-order chi connectivity index (χ1) is 9.42. The highest BCUT2D eigenvalue weighted by molar-refractivity contribution is 7.99. The molecule has 3 heteroatoms. The highest BCUT2D eigenvalue weighted by Crippen LogP contribution is 2.35. The lowest BCUT2D eigenvalue weighted by Gasteiger charge is -2.09. The molecule has 0 N–H and O–H groups in total. The largest absolute Gasteiger partial charge is 0.322 e. The third kappa shape index (κ3) is 2.98. The average molecular weight is 286 g/mol. The van der Waals surface area contributed by atoms with Gasteiger partial charge in [0, 0.05) is 11.9 Å². The van der Waals surface area contributed by atoms with Crippen LogP contribution in [0.3, 0.4) is 0 Å². The zero-order valence-corrected chi connectivity index (χ0v) is 13.7. The molecule has 2 aromatic rings. The first-order valence-electron chi connectivity index (χ1n) is 6.87. The second-order valence-corrected chi connectivity index (χ2v) is 6.57. The summed E-state index contributed by atoms with van der Waals surface area (Å²) in [5.74, 6) is 1.34. The Bertz CT molecular complexity index is 618. The normalized spacial score (nSPS) is 11.1. The van der Waals surface area contributed by atoms with E-state index in [4.69, 9.17) is 4.98 Å². The molecule has 0 fully saturated rings. The number of aromatic nitrogens is 2. The Balaban J connectivity index is 2.46. The number of hydrogen-bond acceptors (Lipinski definition) is 2. The molecule has 0 amide bonds. The van der Waals surface area contributed by atoms with E-state index in [9.17, 15) is 0 Å². The van der Waals surface area contributed by atoms with Crippen molar-refractivity contribution in [3.8, 4) is 0 Å². The summed E-state index contributed by atoms with van der Waals surface area (Å²) in [7, 11) is 2.06. The van der Waals surface area contributed by atoms with Crippen molar-refractivity contribution in [2.45, 2.75) is 43.5 Å². The van der Waals surface area contributed by atoms with E-state index in [2.05, 4.69) is 64.1 Å². The molecular weight excluding hydrogens is 264 g/mol. The van der Waals surface area contributed by atoms with Crippen LogP contribution in [0, 0.1) is 13.8 Å². The summed E-state index contributed by atoms with van der Waals surface area (Å²) in [5, 5.41) is 1.21. The summed E-state index contributed by atoms with van der Waals surface area (Å²) in [6.07, 6.45) is 1.82. The van der Waals surface area contributed by atoms with Crippen molar-refractivity contribution >= 4 is 17.8 Å². The molecule has 2 rings (SSSR count). The minimum atomic E-state index is 0.406. The minimum Gasteiger partial charge on any atom is -0.322 e. The lowest BCUT2D eigenvalue weighted by Crippen LogP contribution is -1.95. The van der Waals surface area contributed by atoms with Crippen LogP contribution in [0.1, 0.15) is 42.4 Å². The SMILES string of the molecule is C=Cc1nc(C(C)C)c(Sc2cc(C)cc(C)c2)n1C. The van der Waals surface area contributed by atoms with Gasteiger partial charge in [-0.3, -0.25) is 0 Å². The lowest BCUT2D eigenvalue weighted by atomic mass is 10.1. The van der Waals surface area contributed by atoms with Crippen LogP contribution in [0.25, 0.3) is 6.08 Å². The Kier molecular flexibility index (Phi) is 4.39. The van der Waals surface area contributed by atoms with E-state index in [1.165, 1.54) is 21.0 Å². The smallest absolute Gasteiger partial charge is 0.132 e. The molecule has 0 saturated carbocycles. The molecule has 1 aromatic carbocycles. The van der Waals surface area contributed by atoms with Gasteiger partial charge >= 0.3 is 0 Å². The number of aryl methyl sites for hydroxylation is 2. The van der Waals surface area contributed by atoms with E-state index in [1.54, 1.807) is 11.8 Å². The van der Waals surface area contributed by atoms with Crippen molar-refractivity contribution in [3.63, 3.8) is 0 Å². The summed E-state index contributed by atoms with van der Waals surface area (Å²) in [5.41, 5.74) is 3.74. The van der Waals surface area contributed by atoms with Crippen LogP contribution in [0.15, 0.2) is 34.7 Å². The van der Waals surface area contributed by atoms with Crippen LogP contribution >= 0.6 is 11.8 Å². The second kappa shape index (κ2) is 5.88. The molecule has 0 bridgehead atoms. The molecule has 0 aliphatic carbocycles. The van der Waals surface area contributed by atoms with Crippen LogP contribution in [-0.2, 0) is 7.05 Å². The van der Waals surface area contributed by atoms with Gasteiger partial charge in [-0.05, 0) is 49.1 Å². The number of imidazole rings is 1. The fourth-order valence-corrected chi connectivity index (χ4v) is 3.63. The molecule has 0 aliphatic rings. The standard InChI is InChI=1S/C17H22N2S/c1-7-15-18-16(11(2)3)17(19(15)6)20-14-9-12(4)8-13(5)10-14/h7-11H,1H2,2-6H3. The lowest BCUT2D eigenvalue weighted by molar-refractivity contribution is 0.762. The van der Waals surface area contributed by atoms with Crippen LogP contribution < -0.4 is 0 Å². The third-order valence-corrected chi connectivity index (χ3v) is 4.39. The molecule has 0 unspecified atom stereocenters. The molecule has 2 nitrogen and oxygen atoms in total. The molecular formula is C17H22N2S. The summed E-state index contributed by atoms with van der Waals surface area (Å²) in [6.45, 7) is 12.5. The summed E-state index contributed by atoms with van der Waals surface area (Å²) in [6, 6.07) is 6.65. The van der Waals surface area contributed by atoms with Crippen LogP contribution in [0.5, 0.6) is 0 Å². The Hall–Kier alpha value is -1.48. The Morgan fingerprint density at radius 2 is 1.80 bits per heavy atom. The quantitative estimate of drug-likeness (QED) is 0.791. The first kappa shape index (κ1) is 14.9. The zero-order chi connectivity index (χ0) is 14.9. The maximum absolute atomic E-state index is 4.69. The highest BCUT2D eigenvalue weighted by Gasteiger charge is 2.17. The van der Waals surface area contributed by atoms with E-state index in [-0.39, 0.29) is 0 Å². The molecule has 1 heterocycles. The predicted octanol–water partition coefficient (Wildman–Crippen LogP) is 4.95. The molecule has 20 heavy (non-hydrogen) atoms. The summed E-state index contributed by atoms with van der Waals surface area (Å²) >= 11 is 1.79. The molecule has 0 radical (unpaired) electrons. The van der Waals surface area contributed by atoms with Gasteiger partial charge in [0.2, 0.25) is 0 Å². The molecule has 0 aliphatic heterocycles.